The van der Waals surface area contributed by atoms with Crippen molar-refractivity contribution < 1.29 is 22.7 Å². The Labute approximate surface area is 147 Å². The minimum Gasteiger partial charge on any atom is -0.497 e. The largest absolute Gasteiger partial charge is 0.497 e. The van der Waals surface area contributed by atoms with Gasteiger partial charge in [0.25, 0.3) is 0 Å². The van der Waals surface area contributed by atoms with Gasteiger partial charge in [-0.05, 0) is 31.0 Å². The van der Waals surface area contributed by atoms with Gasteiger partial charge in [0.05, 0.1) is 18.6 Å². The Balaban J connectivity index is 1.74. The molecular weight excluding hydrogens is 346 g/mol. The Kier molecular flexibility index (Phi) is 6.24. The molecule has 2 atom stereocenters. The summed E-state index contributed by atoms with van der Waals surface area (Å²) in [5.74, 6) is 0.426. The van der Waals surface area contributed by atoms with Crippen LogP contribution >= 0.6 is 0 Å². The molecule has 3 amide bonds. The number of hydrogen-bond donors (Lipinski definition) is 3. The maximum Gasteiger partial charge on any atom is 0.315 e. The van der Waals surface area contributed by atoms with Crippen molar-refractivity contribution in [3.8, 4) is 5.75 Å². The number of rotatable bonds is 6. The van der Waals surface area contributed by atoms with Crippen LogP contribution in [0.25, 0.3) is 0 Å². The Morgan fingerprint density at radius 3 is 2.52 bits per heavy atom. The summed E-state index contributed by atoms with van der Waals surface area (Å²) in [6.45, 7) is 1.89. The van der Waals surface area contributed by atoms with E-state index in [9.17, 15) is 18.0 Å². The first-order valence-corrected chi connectivity index (χ1v) is 9.79. The van der Waals surface area contributed by atoms with Gasteiger partial charge in [0.1, 0.15) is 11.8 Å². The number of carbonyl (C=O) groups is 2. The molecule has 2 rings (SSSR count). The van der Waals surface area contributed by atoms with Gasteiger partial charge in [-0.3, -0.25) is 4.79 Å². The summed E-state index contributed by atoms with van der Waals surface area (Å²) in [7, 11) is -1.48. The van der Waals surface area contributed by atoms with Gasteiger partial charge in [-0.2, -0.15) is 0 Å². The highest BCUT2D eigenvalue weighted by molar-refractivity contribution is 7.91. The molecule has 0 aromatic heterocycles. The number of benzene rings is 1. The van der Waals surface area contributed by atoms with E-state index in [-0.39, 0.29) is 17.4 Å². The Bertz CT molecular complexity index is 718. The minimum atomic E-state index is -3.06. The van der Waals surface area contributed by atoms with E-state index in [4.69, 9.17) is 4.74 Å². The molecule has 0 radical (unpaired) electrons. The highest BCUT2D eigenvalue weighted by Crippen LogP contribution is 2.11. The molecule has 0 aliphatic carbocycles. The molecule has 25 heavy (non-hydrogen) atoms. The van der Waals surface area contributed by atoms with Crippen LogP contribution in [-0.4, -0.2) is 51.1 Å². The van der Waals surface area contributed by atoms with Crippen LogP contribution in [0.15, 0.2) is 24.3 Å². The average molecular weight is 369 g/mol. The molecule has 1 aromatic rings. The van der Waals surface area contributed by atoms with Crippen molar-refractivity contribution in [1.82, 2.24) is 16.0 Å². The van der Waals surface area contributed by atoms with Crippen molar-refractivity contribution in [3.05, 3.63) is 29.8 Å². The maximum atomic E-state index is 12.0. The molecule has 1 unspecified atom stereocenters. The van der Waals surface area contributed by atoms with Crippen LogP contribution in [0.2, 0.25) is 0 Å². The second-order valence-electron chi connectivity index (χ2n) is 6.01. The van der Waals surface area contributed by atoms with Crippen LogP contribution in [-0.2, 0) is 21.2 Å². The number of hydrogen-bond acceptors (Lipinski definition) is 5. The standard InChI is InChI=1S/C16H23N3O5S/c1-11(18-16(21)19-13-7-8-25(22,23)10-13)15(20)17-9-12-3-5-14(24-2)6-4-12/h3-6,11,13H,7-10H2,1-2H3,(H,17,20)(H2,18,19,21)/t11-,13?/m1/s1. The number of methoxy groups -OCH3 is 1. The zero-order valence-corrected chi connectivity index (χ0v) is 15.1. The molecule has 1 saturated heterocycles. The molecule has 0 saturated carbocycles. The van der Waals surface area contributed by atoms with Gasteiger partial charge in [-0.25, -0.2) is 13.2 Å². The third-order valence-corrected chi connectivity index (χ3v) is 5.70. The first kappa shape index (κ1) is 19.0. The van der Waals surface area contributed by atoms with Crippen LogP contribution in [0.1, 0.15) is 18.9 Å². The highest BCUT2D eigenvalue weighted by Gasteiger charge is 2.29. The van der Waals surface area contributed by atoms with E-state index in [2.05, 4.69) is 16.0 Å². The smallest absolute Gasteiger partial charge is 0.315 e. The molecule has 9 heteroatoms. The normalized spacial score (nSPS) is 19.7. The highest BCUT2D eigenvalue weighted by atomic mass is 32.2. The van der Waals surface area contributed by atoms with E-state index in [0.717, 1.165) is 11.3 Å². The van der Waals surface area contributed by atoms with Gasteiger partial charge in [-0.1, -0.05) is 12.1 Å². The number of amides is 3. The fourth-order valence-corrected chi connectivity index (χ4v) is 4.16. The van der Waals surface area contributed by atoms with Gasteiger partial charge in [0.2, 0.25) is 5.91 Å². The average Bonchev–Trinajstić information content (AvgIpc) is 2.91. The number of carbonyl (C=O) groups excluding carboxylic acids is 2. The van der Waals surface area contributed by atoms with Gasteiger partial charge < -0.3 is 20.7 Å². The minimum absolute atomic E-state index is 0.0571. The fourth-order valence-electron chi connectivity index (χ4n) is 2.48. The molecule has 0 bridgehead atoms. The monoisotopic (exact) mass is 369 g/mol. The summed E-state index contributed by atoms with van der Waals surface area (Å²) in [5.41, 5.74) is 0.905. The zero-order chi connectivity index (χ0) is 18.4. The third-order valence-electron chi connectivity index (χ3n) is 3.93. The molecular formula is C16H23N3O5S. The molecule has 1 aliphatic heterocycles. The first-order chi connectivity index (χ1) is 11.8. The van der Waals surface area contributed by atoms with Crippen LogP contribution in [0.4, 0.5) is 4.79 Å². The quantitative estimate of drug-likeness (QED) is 0.662. The number of urea groups is 1. The van der Waals surface area contributed by atoms with Crippen molar-refractivity contribution in [2.45, 2.75) is 32.0 Å². The molecule has 0 spiro atoms. The van der Waals surface area contributed by atoms with E-state index in [0.29, 0.717) is 13.0 Å². The van der Waals surface area contributed by atoms with Crippen LogP contribution in [0, 0.1) is 0 Å². The molecule has 3 N–H and O–H groups in total. The van der Waals surface area contributed by atoms with Crippen LogP contribution in [0.3, 0.4) is 0 Å². The van der Waals surface area contributed by atoms with Crippen LogP contribution < -0.4 is 20.7 Å². The van der Waals surface area contributed by atoms with E-state index in [1.165, 1.54) is 0 Å². The van der Waals surface area contributed by atoms with Gasteiger partial charge in [-0.15, -0.1) is 0 Å². The predicted octanol–water partition coefficient (Wildman–Crippen LogP) is 0.186. The van der Waals surface area contributed by atoms with Crippen molar-refractivity contribution in [2.75, 3.05) is 18.6 Å². The lowest BCUT2D eigenvalue weighted by molar-refractivity contribution is -0.122. The molecule has 8 nitrogen and oxygen atoms in total. The second kappa shape index (κ2) is 8.19. The van der Waals surface area contributed by atoms with Crippen molar-refractivity contribution in [3.63, 3.8) is 0 Å². The molecule has 1 aromatic carbocycles. The fraction of sp³-hybridized carbons (Fsp3) is 0.500. The van der Waals surface area contributed by atoms with E-state index in [1.54, 1.807) is 26.2 Å². The lowest BCUT2D eigenvalue weighted by atomic mass is 10.2. The van der Waals surface area contributed by atoms with Gasteiger partial charge in [0, 0.05) is 12.6 Å². The molecule has 138 valence electrons. The van der Waals surface area contributed by atoms with Crippen molar-refractivity contribution in [2.24, 2.45) is 0 Å². The Morgan fingerprint density at radius 1 is 1.28 bits per heavy atom. The van der Waals surface area contributed by atoms with E-state index < -0.39 is 28.0 Å². The predicted molar refractivity (Wildman–Crippen MR) is 93.0 cm³/mol. The molecule has 1 aliphatic rings. The zero-order valence-electron chi connectivity index (χ0n) is 14.2. The summed E-state index contributed by atoms with van der Waals surface area (Å²) in [6, 6.07) is 5.58. The topological polar surface area (TPSA) is 114 Å². The number of ether oxygens (including phenoxy) is 1. The summed E-state index contributed by atoms with van der Waals surface area (Å²) < 4.78 is 27.8. The molecule has 1 heterocycles. The van der Waals surface area contributed by atoms with Crippen molar-refractivity contribution in [1.29, 1.82) is 0 Å². The molecule has 1 fully saturated rings. The summed E-state index contributed by atoms with van der Waals surface area (Å²) in [6.07, 6.45) is 0.397. The number of nitrogens with one attached hydrogen (secondary N) is 3. The lowest BCUT2D eigenvalue weighted by Gasteiger charge is -2.17. The first-order valence-electron chi connectivity index (χ1n) is 7.97. The van der Waals surface area contributed by atoms with Crippen LogP contribution in [0.5, 0.6) is 5.75 Å². The van der Waals surface area contributed by atoms with Gasteiger partial charge in [0.15, 0.2) is 9.84 Å². The Morgan fingerprint density at radius 2 is 1.96 bits per heavy atom. The number of sulfone groups is 1. The third kappa shape index (κ3) is 5.93. The SMILES string of the molecule is COc1ccc(CNC(=O)[C@@H](C)NC(=O)NC2CCS(=O)(=O)C2)cc1. The lowest BCUT2D eigenvalue weighted by Crippen LogP contribution is -2.50. The van der Waals surface area contributed by atoms with Gasteiger partial charge >= 0.3 is 6.03 Å². The van der Waals surface area contributed by atoms with Crippen molar-refractivity contribution >= 4 is 21.8 Å². The summed E-state index contributed by atoms with van der Waals surface area (Å²) >= 11 is 0. The maximum absolute atomic E-state index is 12.0. The summed E-state index contributed by atoms with van der Waals surface area (Å²) in [4.78, 5) is 23.9. The second-order valence-corrected chi connectivity index (χ2v) is 8.23. The summed E-state index contributed by atoms with van der Waals surface area (Å²) in [5, 5.41) is 7.83. The Hall–Kier alpha value is -2.29. The van der Waals surface area contributed by atoms with E-state index >= 15 is 0 Å². The van der Waals surface area contributed by atoms with E-state index in [1.807, 2.05) is 12.1 Å².